The maximum atomic E-state index is 11.6. The highest BCUT2D eigenvalue weighted by Crippen LogP contribution is 2.15. The number of cyclic esters (lactones) is 2. The number of hydrogen-bond donors (Lipinski definition) is 0. The Bertz CT molecular complexity index is 252. The third-order valence-electron chi connectivity index (χ3n) is 1.06. The maximum absolute atomic E-state index is 11.6. The Hall–Kier alpha value is -1.54. The summed E-state index contributed by atoms with van der Waals surface area (Å²) in [6.07, 6.45) is -7.32. The Labute approximate surface area is 87.3 Å². The second-order valence-electron chi connectivity index (χ2n) is 2.31. The van der Waals surface area contributed by atoms with Gasteiger partial charge in [-0.1, -0.05) is 0 Å². The van der Waals surface area contributed by atoms with E-state index in [9.17, 15) is 27.2 Å². The molecule has 94 valence electrons. The van der Waals surface area contributed by atoms with Gasteiger partial charge in [0.05, 0.1) is 6.61 Å². The highest BCUT2D eigenvalue weighted by molar-refractivity contribution is 5.75. The zero-order chi connectivity index (χ0) is 12.8. The van der Waals surface area contributed by atoms with Crippen molar-refractivity contribution in [3.05, 3.63) is 0 Å². The Kier molecular flexibility index (Phi) is 5.54. The Morgan fingerprint density at radius 2 is 2.12 bits per heavy atom. The minimum atomic E-state index is -4.85. The summed E-state index contributed by atoms with van der Waals surface area (Å²) in [6, 6.07) is 0. The van der Waals surface area contributed by atoms with Crippen molar-refractivity contribution in [1.29, 1.82) is 0 Å². The molecule has 0 aromatic rings. The SMILES string of the molecule is CCOC(=O)C(F)(F)F.O=C1OCC(F)O1. The van der Waals surface area contributed by atoms with Gasteiger partial charge in [-0.15, -0.1) is 0 Å². The highest BCUT2D eigenvalue weighted by atomic mass is 19.4. The van der Waals surface area contributed by atoms with Crippen molar-refractivity contribution in [2.75, 3.05) is 13.2 Å². The molecule has 16 heavy (non-hydrogen) atoms. The van der Waals surface area contributed by atoms with Gasteiger partial charge in [-0.25, -0.2) is 9.59 Å². The molecule has 1 rings (SSSR count). The third-order valence-corrected chi connectivity index (χ3v) is 1.06. The molecule has 0 aromatic carbocycles. The van der Waals surface area contributed by atoms with Crippen LogP contribution in [0.5, 0.6) is 0 Å². The van der Waals surface area contributed by atoms with Crippen LogP contribution in [0.3, 0.4) is 0 Å². The average Bonchev–Trinajstić information content (AvgIpc) is 2.50. The van der Waals surface area contributed by atoms with Crippen LogP contribution in [-0.4, -0.2) is 37.9 Å². The quantitative estimate of drug-likeness (QED) is 0.520. The summed E-state index contributed by atoms with van der Waals surface area (Å²) in [7, 11) is 0. The van der Waals surface area contributed by atoms with Crippen molar-refractivity contribution < 1.29 is 41.4 Å². The molecule has 0 aromatic heterocycles. The summed E-state index contributed by atoms with van der Waals surface area (Å²) in [4.78, 5) is 19.5. The predicted octanol–water partition coefficient (Wildman–Crippen LogP) is 1.56. The van der Waals surface area contributed by atoms with Crippen LogP contribution in [0, 0.1) is 0 Å². The summed E-state index contributed by atoms with van der Waals surface area (Å²) in [5.41, 5.74) is 0. The topological polar surface area (TPSA) is 61.8 Å². The molecule has 5 nitrogen and oxygen atoms in total. The largest absolute Gasteiger partial charge is 0.511 e. The summed E-state index contributed by atoms with van der Waals surface area (Å²) in [5.74, 6) is -2.13. The molecule has 0 aliphatic carbocycles. The van der Waals surface area contributed by atoms with E-state index in [1.165, 1.54) is 6.92 Å². The second kappa shape index (κ2) is 6.13. The van der Waals surface area contributed by atoms with Gasteiger partial charge in [0.25, 0.3) is 6.36 Å². The molecule has 0 bridgehead atoms. The van der Waals surface area contributed by atoms with Gasteiger partial charge in [-0.05, 0) is 6.92 Å². The zero-order valence-electron chi connectivity index (χ0n) is 8.04. The minimum Gasteiger partial charge on any atom is -0.459 e. The maximum Gasteiger partial charge on any atom is 0.511 e. The van der Waals surface area contributed by atoms with Gasteiger partial charge in [0.1, 0.15) is 0 Å². The number of carbonyl (C=O) groups excluding carboxylic acids is 2. The van der Waals surface area contributed by atoms with E-state index in [2.05, 4.69) is 14.2 Å². The lowest BCUT2D eigenvalue weighted by atomic mass is 10.7. The molecule has 0 N–H and O–H groups in total. The first-order valence-electron chi connectivity index (χ1n) is 3.98. The second-order valence-corrected chi connectivity index (χ2v) is 2.31. The highest BCUT2D eigenvalue weighted by Gasteiger charge is 2.40. The van der Waals surface area contributed by atoms with Crippen molar-refractivity contribution in [1.82, 2.24) is 0 Å². The van der Waals surface area contributed by atoms with E-state index >= 15 is 0 Å². The fraction of sp³-hybridized carbons (Fsp3) is 0.714. The molecule has 1 aliphatic rings. The molecule has 1 fully saturated rings. The van der Waals surface area contributed by atoms with Gasteiger partial charge in [-0.2, -0.15) is 17.6 Å². The van der Waals surface area contributed by atoms with E-state index in [-0.39, 0.29) is 13.2 Å². The molecule has 1 atom stereocenters. The fourth-order valence-corrected chi connectivity index (χ4v) is 0.519. The van der Waals surface area contributed by atoms with Crippen molar-refractivity contribution in [3.63, 3.8) is 0 Å². The number of rotatable bonds is 1. The molecule has 0 saturated carbocycles. The standard InChI is InChI=1S/C4H5F3O2.C3H3FO3/c1-2-9-3(8)4(5,6)7;4-2-1-6-3(5)7-2/h2H2,1H3;2H,1H2. The van der Waals surface area contributed by atoms with Crippen LogP contribution in [0.4, 0.5) is 22.4 Å². The smallest absolute Gasteiger partial charge is 0.459 e. The molecule has 1 heterocycles. The normalized spacial score (nSPS) is 19.1. The first kappa shape index (κ1) is 14.5. The van der Waals surface area contributed by atoms with E-state index in [4.69, 9.17) is 0 Å². The van der Waals surface area contributed by atoms with Crippen LogP contribution < -0.4 is 0 Å². The van der Waals surface area contributed by atoms with Crippen molar-refractivity contribution >= 4 is 12.1 Å². The number of hydrogen-bond acceptors (Lipinski definition) is 5. The van der Waals surface area contributed by atoms with Crippen molar-refractivity contribution in [2.24, 2.45) is 0 Å². The predicted molar refractivity (Wildman–Crippen MR) is 40.0 cm³/mol. The van der Waals surface area contributed by atoms with Gasteiger partial charge in [0.15, 0.2) is 6.61 Å². The number of alkyl halides is 4. The number of esters is 1. The van der Waals surface area contributed by atoms with Crippen LogP contribution in [0.25, 0.3) is 0 Å². The van der Waals surface area contributed by atoms with Crippen LogP contribution in [0.1, 0.15) is 6.92 Å². The zero-order valence-corrected chi connectivity index (χ0v) is 8.04. The minimum absolute atomic E-state index is 0.252. The van der Waals surface area contributed by atoms with E-state index in [1.54, 1.807) is 0 Å². The van der Waals surface area contributed by atoms with Crippen LogP contribution in [-0.2, 0) is 19.0 Å². The molecular weight excluding hydrogens is 240 g/mol. The molecule has 1 saturated heterocycles. The van der Waals surface area contributed by atoms with Gasteiger partial charge in [0.2, 0.25) is 0 Å². The molecule has 0 amide bonds. The molecule has 1 unspecified atom stereocenters. The molecule has 1 aliphatic heterocycles. The van der Waals surface area contributed by atoms with Gasteiger partial charge < -0.3 is 14.2 Å². The van der Waals surface area contributed by atoms with E-state index in [0.717, 1.165) is 0 Å². The lowest BCUT2D eigenvalue weighted by Crippen LogP contribution is -2.25. The van der Waals surface area contributed by atoms with Crippen molar-refractivity contribution in [2.45, 2.75) is 19.5 Å². The third kappa shape index (κ3) is 6.04. The lowest BCUT2D eigenvalue weighted by Gasteiger charge is -2.02. The van der Waals surface area contributed by atoms with E-state index in [0.29, 0.717) is 0 Å². The van der Waals surface area contributed by atoms with E-state index in [1.807, 2.05) is 0 Å². The first-order valence-corrected chi connectivity index (χ1v) is 3.98. The Morgan fingerprint density at radius 1 is 1.56 bits per heavy atom. The molecular formula is C7H8F4O5. The molecule has 0 radical (unpaired) electrons. The molecule has 0 spiro atoms. The van der Waals surface area contributed by atoms with Gasteiger partial charge in [0, 0.05) is 0 Å². The number of ether oxygens (including phenoxy) is 3. The Balaban J connectivity index is 0.000000288. The van der Waals surface area contributed by atoms with Crippen LogP contribution in [0.15, 0.2) is 0 Å². The lowest BCUT2D eigenvalue weighted by molar-refractivity contribution is -0.199. The van der Waals surface area contributed by atoms with Gasteiger partial charge >= 0.3 is 18.3 Å². The van der Waals surface area contributed by atoms with E-state index < -0.39 is 24.7 Å². The van der Waals surface area contributed by atoms with Crippen LogP contribution >= 0.6 is 0 Å². The molecule has 9 heteroatoms. The Morgan fingerprint density at radius 3 is 2.25 bits per heavy atom. The summed E-state index contributed by atoms with van der Waals surface area (Å²) in [5, 5.41) is 0. The first-order chi connectivity index (χ1) is 7.27. The van der Waals surface area contributed by atoms with Gasteiger partial charge in [-0.3, -0.25) is 0 Å². The number of halogens is 4. The summed E-state index contributed by atoms with van der Waals surface area (Å²) < 4.78 is 56.6. The number of carbonyl (C=O) groups is 2. The summed E-state index contributed by atoms with van der Waals surface area (Å²) in [6.45, 7) is 0.792. The monoisotopic (exact) mass is 248 g/mol. The summed E-state index contributed by atoms with van der Waals surface area (Å²) >= 11 is 0. The van der Waals surface area contributed by atoms with Crippen LogP contribution in [0.2, 0.25) is 0 Å². The fourth-order valence-electron chi connectivity index (χ4n) is 0.519. The average molecular weight is 248 g/mol. The van der Waals surface area contributed by atoms with Crippen molar-refractivity contribution in [3.8, 4) is 0 Å².